The standard InChI is InChI=1S/C21H23N5OS/c1-24-12-16-7-10-25(18(16)13-24)17-5-3-15(4-6-17)19-11-22-20(28-19)26-21(14-27-21)8-2-9-23-26/h2-6,8-9,11,16,18H,7,10,12-14H2,1H3/t16?,18-,21?/m0/s1. The molecule has 0 saturated carbocycles. The minimum Gasteiger partial charge on any atom is -0.367 e. The molecule has 144 valence electrons. The molecule has 0 bridgehead atoms. The molecule has 7 heteroatoms. The van der Waals surface area contributed by atoms with Crippen LogP contribution in [0.25, 0.3) is 10.4 Å². The predicted octanol–water partition coefficient (Wildman–Crippen LogP) is 3.04. The summed E-state index contributed by atoms with van der Waals surface area (Å²) in [6.07, 6.45) is 9.01. The number of benzene rings is 1. The third-order valence-electron chi connectivity index (χ3n) is 6.31. The van der Waals surface area contributed by atoms with Gasteiger partial charge in [0.05, 0.1) is 4.88 Å². The third kappa shape index (κ3) is 2.61. The minimum atomic E-state index is -0.408. The molecule has 6 nitrogen and oxygen atoms in total. The van der Waals surface area contributed by atoms with Crippen molar-refractivity contribution in [3.8, 4) is 10.4 Å². The van der Waals surface area contributed by atoms with E-state index in [2.05, 4.69) is 51.2 Å². The molecule has 4 aliphatic heterocycles. The topological polar surface area (TPSA) is 47.5 Å². The normalized spacial score (nSPS) is 31.2. The maximum absolute atomic E-state index is 5.62. The molecule has 0 aliphatic carbocycles. The summed E-state index contributed by atoms with van der Waals surface area (Å²) in [4.78, 5) is 10.8. The van der Waals surface area contributed by atoms with E-state index in [1.165, 1.54) is 37.3 Å². The van der Waals surface area contributed by atoms with Crippen LogP contribution in [0.1, 0.15) is 6.42 Å². The average Bonchev–Trinajstić information content (AvgIpc) is 3.06. The first kappa shape index (κ1) is 16.7. The van der Waals surface area contributed by atoms with Crippen LogP contribution in [-0.4, -0.2) is 61.2 Å². The average molecular weight is 394 g/mol. The minimum absolute atomic E-state index is 0.408. The van der Waals surface area contributed by atoms with E-state index in [1.54, 1.807) is 17.6 Å². The molecule has 1 spiro atoms. The van der Waals surface area contributed by atoms with Crippen molar-refractivity contribution >= 4 is 28.4 Å². The summed E-state index contributed by atoms with van der Waals surface area (Å²) < 4.78 is 5.62. The summed E-state index contributed by atoms with van der Waals surface area (Å²) in [7, 11) is 2.24. The molecule has 0 radical (unpaired) electrons. The second-order valence-corrected chi connectivity index (χ2v) is 9.16. The number of fused-ring (bicyclic) bond motifs is 1. The Morgan fingerprint density at radius 2 is 2.07 bits per heavy atom. The first-order valence-electron chi connectivity index (χ1n) is 9.89. The van der Waals surface area contributed by atoms with Crippen molar-refractivity contribution in [1.82, 2.24) is 9.88 Å². The van der Waals surface area contributed by atoms with Gasteiger partial charge in [-0.3, -0.25) is 0 Å². The zero-order valence-corrected chi connectivity index (χ0v) is 16.7. The molecule has 0 N–H and O–H groups in total. The fourth-order valence-electron chi connectivity index (χ4n) is 4.78. The Bertz CT molecular complexity index is 948. The van der Waals surface area contributed by atoms with Crippen LogP contribution in [0.5, 0.6) is 0 Å². The zero-order chi connectivity index (χ0) is 18.7. The third-order valence-corrected chi connectivity index (χ3v) is 7.33. The van der Waals surface area contributed by atoms with E-state index in [9.17, 15) is 0 Å². The van der Waals surface area contributed by atoms with Gasteiger partial charge >= 0.3 is 0 Å². The number of epoxide rings is 1. The van der Waals surface area contributed by atoms with Crippen LogP contribution in [0.15, 0.2) is 47.7 Å². The molecule has 5 heterocycles. The SMILES string of the molecule is CN1CC2CCN(c3ccc(-c4cnc(N5N=CC=CC56CO6)s4)cc3)[C@H]2C1. The molecule has 3 atom stereocenters. The second-order valence-electron chi connectivity index (χ2n) is 8.15. The van der Waals surface area contributed by atoms with Gasteiger partial charge in [-0.05, 0) is 49.2 Å². The van der Waals surface area contributed by atoms with E-state index in [-0.39, 0.29) is 0 Å². The van der Waals surface area contributed by atoms with Gasteiger partial charge in [0, 0.05) is 43.8 Å². The molecular formula is C21H23N5OS. The van der Waals surface area contributed by atoms with Crippen molar-refractivity contribution < 1.29 is 4.74 Å². The number of likely N-dealkylation sites (N-methyl/N-ethyl adjacent to an activating group) is 1. The summed E-state index contributed by atoms with van der Waals surface area (Å²) in [6.45, 7) is 4.26. The van der Waals surface area contributed by atoms with Crippen molar-refractivity contribution in [2.75, 3.05) is 43.2 Å². The Morgan fingerprint density at radius 3 is 2.89 bits per heavy atom. The van der Waals surface area contributed by atoms with Crippen molar-refractivity contribution in [1.29, 1.82) is 0 Å². The van der Waals surface area contributed by atoms with Gasteiger partial charge in [0.15, 0.2) is 0 Å². The Morgan fingerprint density at radius 1 is 1.21 bits per heavy atom. The predicted molar refractivity (Wildman–Crippen MR) is 113 cm³/mol. The molecule has 1 aromatic carbocycles. The molecule has 0 amide bonds. The number of allylic oxidation sites excluding steroid dienone is 1. The molecular weight excluding hydrogens is 370 g/mol. The van der Waals surface area contributed by atoms with Gasteiger partial charge in [-0.25, -0.2) is 9.99 Å². The number of aromatic nitrogens is 1. The maximum atomic E-state index is 5.62. The molecule has 3 saturated heterocycles. The van der Waals surface area contributed by atoms with Gasteiger partial charge in [-0.1, -0.05) is 23.5 Å². The van der Waals surface area contributed by atoms with Crippen LogP contribution < -0.4 is 9.91 Å². The first-order chi connectivity index (χ1) is 13.7. The number of hydrogen-bond donors (Lipinski definition) is 0. The van der Waals surface area contributed by atoms with Crippen LogP contribution in [0.3, 0.4) is 0 Å². The fourth-order valence-corrected chi connectivity index (χ4v) is 5.73. The lowest BCUT2D eigenvalue weighted by Gasteiger charge is -2.26. The van der Waals surface area contributed by atoms with Gasteiger partial charge in [0.1, 0.15) is 6.61 Å². The highest BCUT2D eigenvalue weighted by Gasteiger charge is 2.51. The van der Waals surface area contributed by atoms with E-state index in [1.807, 2.05) is 23.4 Å². The molecule has 2 aromatic rings. The number of likely N-dealkylation sites (tertiary alicyclic amines) is 1. The molecule has 1 aromatic heterocycles. The van der Waals surface area contributed by atoms with Crippen LogP contribution >= 0.6 is 11.3 Å². The van der Waals surface area contributed by atoms with Crippen molar-refractivity contribution in [3.05, 3.63) is 42.6 Å². The van der Waals surface area contributed by atoms with Crippen molar-refractivity contribution in [3.63, 3.8) is 0 Å². The van der Waals surface area contributed by atoms with E-state index >= 15 is 0 Å². The molecule has 3 fully saturated rings. The number of rotatable bonds is 3. The maximum Gasteiger partial charge on any atom is 0.209 e. The van der Waals surface area contributed by atoms with Gasteiger partial charge < -0.3 is 14.5 Å². The lowest BCUT2D eigenvalue weighted by molar-refractivity contribution is 0.340. The van der Waals surface area contributed by atoms with E-state index < -0.39 is 5.72 Å². The number of nitrogens with zero attached hydrogens (tertiary/aromatic N) is 5. The second kappa shape index (κ2) is 6.14. The highest BCUT2D eigenvalue weighted by Crippen LogP contribution is 2.42. The largest absolute Gasteiger partial charge is 0.367 e. The number of hydrazone groups is 1. The summed E-state index contributed by atoms with van der Waals surface area (Å²) in [5.41, 5.74) is 2.13. The summed E-state index contributed by atoms with van der Waals surface area (Å²) in [5.74, 6) is 0.824. The summed E-state index contributed by atoms with van der Waals surface area (Å²) in [6, 6.07) is 9.65. The zero-order valence-electron chi connectivity index (χ0n) is 15.9. The van der Waals surface area contributed by atoms with E-state index in [0.29, 0.717) is 12.6 Å². The molecule has 6 rings (SSSR count). The Labute approximate surface area is 168 Å². The quantitative estimate of drug-likeness (QED) is 0.750. The smallest absolute Gasteiger partial charge is 0.209 e. The highest BCUT2D eigenvalue weighted by molar-refractivity contribution is 7.18. The fraction of sp³-hybridized carbons (Fsp3) is 0.429. The van der Waals surface area contributed by atoms with Gasteiger partial charge in [0.25, 0.3) is 0 Å². The van der Waals surface area contributed by atoms with E-state index in [0.717, 1.165) is 15.9 Å². The van der Waals surface area contributed by atoms with Gasteiger partial charge in [-0.15, -0.1) is 0 Å². The van der Waals surface area contributed by atoms with Gasteiger partial charge in [0.2, 0.25) is 10.9 Å². The Kier molecular flexibility index (Phi) is 3.66. The first-order valence-corrected chi connectivity index (χ1v) is 10.7. The highest BCUT2D eigenvalue weighted by atomic mass is 32.1. The summed E-state index contributed by atoms with van der Waals surface area (Å²) >= 11 is 1.66. The van der Waals surface area contributed by atoms with Crippen molar-refractivity contribution in [2.24, 2.45) is 11.0 Å². The lowest BCUT2D eigenvalue weighted by atomic mass is 10.0. The molecule has 28 heavy (non-hydrogen) atoms. The number of anilines is 2. The van der Waals surface area contributed by atoms with Crippen LogP contribution in [0, 0.1) is 5.92 Å². The Balaban J connectivity index is 1.22. The molecule has 4 aliphatic rings. The van der Waals surface area contributed by atoms with Crippen LogP contribution in [0.4, 0.5) is 10.8 Å². The number of hydrogen-bond acceptors (Lipinski definition) is 7. The van der Waals surface area contributed by atoms with Crippen LogP contribution in [-0.2, 0) is 4.74 Å². The number of thiazole rings is 1. The molecule has 2 unspecified atom stereocenters. The lowest BCUT2D eigenvalue weighted by Crippen LogP contribution is -2.34. The van der Waals surface area contributed by atoms with Crippen LogP contribution in [0.2, 0.25) is 0 Å². The van der Waals surface area contributed by atoms with Gasteiger partial charge in [-0.2, -0.15) is 5.10 Å². The summed E-state index contributed by atoms with van der Waals surface area (Å²) in [5, 5.41) is 7.21. The van der Waals surface area contributed by atoms with Crippen molar-refractivity contribution in [2.45, 2.75) is 18.2 Å². The Hall–Kier alpha value is -2.22. The van der Waals surface area contributed by atoms with E-state index in [4.69, 9.17) is 4.74 Å². The number of ether oxygens (including phenoxy) is 1. The monoisotopic (exact) mass is 393 g/mol.